The number of esters is 1. The van der Waals surface area contributed by atoms with Crippen LogP contribution >= 0.6 is 0 Å². The van der Waals surface area contributed by atoms with Crippen molar-refractivity contribution in [1.82, 2.24) is 0 Å². The summed E-state index contributed by atoms with van der Waals surface area (Å²) >= 11 is 0. The van der Waals surface area contributed by atoms with E-state index in [1.807, 2.05) is 0 Å². The molecule has 2 saturated heterocycles. The fourth-order valence-electron chi connectivity index (χ4n) is 2.35. The van der Waals surface area contributed by atoms with Crippen molar-refractivity contribution in [2.75, 3.05) is 13.2 Å². The molecule has 2 heterocycles. The molecule has 2 aliphatic heterocycles. The average molecular weight is 266 g/mol. The first-order valence-corrected chi connectivity index (χ1v) is 6.06. The fraction of sp³-hybridized carbons (Fsp3) is 0.462. The first kappa shape index (κ1) is 12.4. The minimum atomic E-state index is -0.664. The topological polar surface area (TPSA) is 85.2 Å². The number of carbonyl (C=O) groups is 1. The van der Waals surface area contributed by atoms with Crippen molar-refractivity contribution >= 4 is 5.97 Å². The van der Waals surface area contributed by atoms with E-state index in [1.165, 1.54) is 24.3 Å². The van der Waals surface area contributed by atoms with Gasteiger partial charge in [0.2, 0.25) is 0 Å². The second kappa shape index (κ2) is 4.80. The maximum Gasteiger partial charge on any atom is 0.338 e. The number of aromatic hydroxyl groups is 1. The van der Waals surface area contributed by atoms with Gasteiger partial charge in [0.25, 0.3) is 0 Å². The van der Waals surface area contributed by atoms with Crippen molar-refractivity contribution in [3.8, 4) is 5.75 Å². The number of hydrogen-bond donors (Lipinski definition) is 2. The van der Waals surface area contributed by atoms with Crippen molar-refractivity contribution < 1.29 is 29.2 Å². The van der Waals surface area contributed by atoms with Crippen molar-refractivity contribution in [1.29, 1.82) is 0 Å². The zero-order chi connectivity index (χ0) is 13.4. The number of hydrogen-bond acceptors (Lipinski definition) is 6. The molecule has 2 N–H and O–H groups in total. The molecule has 6 nitrogen and oxygen atoms in total. The van der Waals surface area contributed by atoms with Crippen LogP contribution in [0.15, 0.2) is 24.3 Å². The number of benzene rings is 1. The highest BCUT2D eigenvalue weighted by Gasteiger charge is 2.48. The summed E-state index contributed by atoms with van der Waals surface area (Å²) in [6, 6.07) is 5.80. The highest BCUT2D eigenvalue weighted by Crippen LogP contribution is 2.29. The Labute approximate surface area is 109 Å². The number of aliphatic hydroxyl groups is 1. The molecule has 1 aromatic rings. The van der Waals surface area contributed by atoms with Crippen LogP contribution < -0.4 is 0 Å². The van der Waals surface area contributed by atoms with Crippen LogP contribution in [0.4, 0.5) is 0 Å². The van der Waals surface area contributed by atoms with Crippen molar-refractivity contribution in [2.45, 2.75) is 24.4 Å². The summed E-state index contributed by atoms with van der Waals surface area (Å²) in [5.41, 5.74) is 0.347. The highest BCUT2D eigenvalue weighted by molar-refractivity contribution is 5.89. The molecule has 4 atom stereocenters. The van der Waals surface area contributed by atoms with Crippen molar-refractivity contribution in [3.05, 3.63) is 29.8 Å². The zero-order valence-corrected chi connectivity index (χ0v) is 10.1. The second-order valence-corrected chi connectivity index (χ2v) is 4.65. The summed E-state index contributed by atoms with van der Waals surface area (Å²) in [6.07, 6.45) is -2.00. The normalized spacial score (nSPS) is 33.1. The lowest BCUT2D eigenvalue weighted by molar-refractivity contribution is -0.0209. The number of phenolic OH excluding ortho intramolecular Hbond substituents is 1. The number of phenols is 1. The van der Waals surface area contributed by atoms with Gasteiger partial charge in [-0.15, -0.1) is 0 Å². The van der Waals surface area contributed by atoms with Gasteiger partial charge in [-0.25, -0.2) is 4.79 Å². The summed E-state index contributed by atoms with van der Waals surface area (Å²) in [7, 11) is 0. The summed E-state index contributed by atoms with van der Waals surface area (Å²) in [5.74, 6) is -0.415. The van der Waals surface area contributed by atoms with Crippen LogP contribution in [0, 0.1) is 0 Å². The minimum absolute atomic E-state index is 0.0862. The molecule has 0 bridgehead atoms. The first-order valence-electron chi connectivity index (χ1n) is 6.06. The maximum absolute atomic E-state index is 11.9. The molecule has 0 aromatic heterocycles. The third-order valence-electron chi connectivity index (χ3n) is 3.34. The largest absolute Gasteiger partial charge is 0.508 e. The second-order valence-electron chi connectivity index (χ2n) is 4.65. The molecular formula is C13H14O6. The molecule has 0 radical (unpaired) electrons. The summed E-state index contributed by atoms with van der Waals surface area (Å²) in [5, 5.41) is 18.7. The molecule has 0 saturated carbocycles. The van der Waals surface area contributed by atoms with E-state index in [-0.39, 0.29) is 19.0 Å². The maximum atomic E-state index is 11.9. The molecule has 3 rings (SSSR count). The van der Waals surface area contributed by atoms with Crippen LogP contribution in [0.1, 0.15) is 10.4 Å². The summed E-state index contributed by atoms with van der Waals surface area (Å²) < 4.78 is 16.0. The van der Waals surface area contributed by atoms with Crippen molar-refractivity contribution in [2.24, 2.45) is 0 Å². The molecule has 1 aromatic carbocycles. The lowest BCUT2D eigenvalue weighted by Gasteiger charge is -2.16. The third kappa shape index (κ3) is 2.30. The van der Waals surface area contributed by atoms with E-state index in [0.717, 1.165) is 0 Å². The van der Waals surface area contributed by atoms with Crippen LogP contribution in [-0.4, -0.2) is 53.8 Å². The molecular weight excluding hydrogens is 252 g/mol. The van der Waals surface area contributed by atoms with Gasteiger partial charge in [0.15, 0.2) is 6.10 Å². The van der Waals surface area contributed by atoms with E-state index in [4.69, 9.17) is 19.3 Å². The number of aliphatic hydroxyl groups excluding tert-OH is 1. The first-order chi connectivity index (χ1) is 9.15. The molecule has 2 aliphatic rings. The molecule has 6 heteroatoms. The molecule has 102 valence electrons. The smallest absolute Gasteiger partial charge is 0.338 e. The van der Waals surface area contributed by atoms with Gasteiger partial charge in [0.1, 0.15) is 24.1 Å². The molecule has 0 aliphatic carbocycles. The quantitative estimate of drug-likeness (QED) is 0.737. The molecule has 0 amide bonds. The van der Waals surface area contributed by atoms with E-state index in [9.17, 15) is 9.90 Å². The molecule has 2 fully saturated rings. The Morgan fingerprint density at radius 3 is 2.58 bits per heavy atom. The Hall–Kier alpha value is -1.63. The van der Waals surface area contributed by atoms with Gasteiger partial charge >= 0.3 is 5.97 Å². The van der Waals surface area contributed by atoms with Crippen LogP contribution in [-0.2, 0) is 14.2 Å². The summed E-state index contributed by atoms with van der Waals surface area (Å²) in [6.45, 7) is 0.415. The number of carbonyl (C=O) groups excluding carboxylic acids is 1. The predicted octanol–water partition coefficient (Wildman–Crippen LogP) is 0.0761. The Morgan fingerprint density at radius 2 is 1.84 bits per heavy atom. The van der Waals surface area contributed by atoms with E-state index in [0.29, 0.717) is 5.56 Å². The third-order valence-corrected chi connectivity index (χ3v) is 3.34. The van der Waals surface area contributed by atoms with Crippen LogP contribution in [0.2, 0.25) is 0 Å². The van der Waals surface area contributed by atoms with Crippen LogP contribution in [0.3, 0.4) is 0 Å². The standard InChI is InChI=1S/C13H14O6/c14-8-3-1-7(2-4-8)13(16)19-10-6-18-11-9(15)5-17-12(10)11/h1-4,9-12,14-15H,5-6H2/t9-,10-,11-,12-/m1/s1. The zero-order valence-electron chi connectivity index (χ0n) is 10.1. The van der Waals surface area contributed by atoms with Gasteiger partial charge in [-0.1, -0.05) is 0 Å². The lowest BCUT2D eigenvalue weighted by Crippen LogP contribution is -2.34. The number of ether oxygens (including phenoxy) is 3. The van der Waals surface area contributed by atoms with Crippen LogP contribution in [0.25, 0.3) is 0 Å². The van der Waals surface area contributed by atoms with Gasteiger partial charge < -0.3 is 24.4 Å². The lowest BCUT2D eigenvalue weighted by atomic mass is 10.1. The Kier molecular flexibility index (Phi) is 3.14. The summed E-state index contributed by atoms with van der Waals surface area (Å²) in [4.78, 5) is 11.9. The minimum Gasteiger partial charge on any atom is -0.508 e. The van der Waals surface area contributed by atoms with Gasteiger partial charge in [0.05, 0.1) is 18.8 Å². The molecule has 19 heavy (non-hydrogen) atoms. The predicted molar refractivity (Wildman–Crippen MR) is 62.8 cm³/mol. The number of rotatable bonds is 2. The van der Waals surface area contributed by atoms with E-state index < -0.39 is 30.4 Å². The van der Waals surface area contributed by atoms with Gasteiger partial charge in [-0.3, -0.25) is 0 Å². The van der Waals surface area contributed by atoms with E-state index in [1.54, 1.807) is 0 Å². The Balaban J connectivity index is 1.66. The molecule has 0 spiro atoms. The van der Waals surface area contributed by atoms with Gasteiger partial charge in [-0.2, -0.15) is 0 Å². The van der Waals surface area contributed by atoms with Gasteiger partial charge in [-0.05, 0) is 24.3 Å². The van der Waals surface area contributed by atoms with Gasteiger partial charge in [0, 0.05) is 0 Å². The fourth-order valence-corrected chi connectivity index (χ4v) is 2.35. The van der Waals surface area contributed by atoms with E-state index in [2.05, 4.69) is 0 Å². The molecule has 0 unspecified atom stereocenters. The van der Waals surface area contributed by atoms with Crippen molar-refractivity contribution in [3.63, 3.8) is 0 Å². The SMILES string of the molecule is O=C(O[C@@H]1CO[C@H]2[C@@H]1OC[C@H]2O)c1ccc(O)cc1. The Morgan fingerprint density at radius 1 is 1.16 bits per heavy atom. The number of fused-ring (bicyclic) bond motifs is 1. The monoisotopic (exact) mass is 266 g/mol. The van der Waals surface area contributed by atoms with Crippen LogP contribution in [0.5, 0.6) is 5.75 Å². The van der Waals surface area contributed by atoms with E-state index >= 15 is 0 Å². The Bertz CT molecular complexity index is 471. The highest BCUT2D eigenvalue weighted by atomic mass is 16.6. The average Bonchev–Trinajstić information content (AvgIpc) is 2.95.